The summed E-state index contributed by atoms with van der Waals surface area (Å²) in [5.41, 5.74) is 9.51. The fraction of sp³-hybridized carbons (Fsp3) is 0. The van der Waals surface area contributed by atoms with Crippen molar-refractivity contribution in [1.29, 1.82) is 10.5 Å². The van der Waals surface area contributed by atoms with Crippen molar-refractivity contribution in [3.05, 3.63) is 180 Å². The van der Waals surface area contributed by atoms with Crippen LogP contribution in [0.15, 0.2) is 158 Å². The smallest absolute Gasteiger partial charge is 0.196 e. The third-order valence-corrected chi connectivity index (χ3v) is 9.81. The molecule has 0 saturated heterocycles. The normalized spacial score (nSPS) is 11.1. The van der Waals surface area contributed by atoms with E-state index in [1.54, 1.807) is 6.07 Å². The second-order valence-electron chi connectivity index (χ2n) is 12.6. The molecular formula is C47H26N4. The second-order valence-corrected chi connectivity index (χ2v) is 12.6. The Morgan fingerprint density at radius 3 is 1.49 bits per heavy atom. The number of rotatable bonds is 4. The zero-order valence-electron chi connectivity index (χ0n) is 27.3. The van der Waals surface area contributed by atoms with Crippen LogP contribution in [0, 0.1) is 29.2 Å². The maximum Gasteiger partial charge on any atom is 0.196 e. The molecule has 0 N–H and O–H groups in total. The predicted molar refractivity (Wildman–Crippen MR) is 208 cm³/mol. The van der Waals surface area contributed by atoms with Crippen molar-refractivity contribution in [3.8, 4) is 51.2 Å². The van der Waals surface area contributed by atoms with Crippen molar-refractivity contribution in [2.45, 2.75) is 0 Å². The topological polar surface area (TPSA) is 56.9 Å². The zero-order chi connectivity index (χ0) is 34.5. The number of hydrogen-bond acceptors (Lipinski definition) is 2. The van der Waals surface area contributed by atoms with E-state index in [0.29, 0.717) is 16.8 Å². The van der Waals surface area contributed by atoms with Gasteiger partial charge in [-0.2, -0.15) is 10.5 Å². The van der Waals surface area contributed by atoms with Crippen molar-refractivity contribution >= 4 is 49.0 Å². The third kappa shape index (κ3) is 4.66. The van der Waals surface area contributed by atoms with Crippen LogP contribution in [-0.2, 0) is 0 Å². The summed E-state index contributed by atoms with van der Waals surface area (Å²) in [4.78, 5) is 4.06. The Hall–Kier alpha value is -7.45. The van der Waals surface area contributed by atoms with Crippen LogP contribution in [0.25, 0.3) is 87.3 Å². The number of hydrogen-bond donors (Lipinski definition) is 0. The molecule has 0 radical (unpaired) electrons. The van der Waals surface area contributed by atoms with Crippen molar-refractivity contribution in [3.63, 3.8) is 0 Å². The molecule has 0 aliphatic heterocycles. The van der Waals surface area contributed by atoms with E-state index in [1.807, 2.05) is 60.7 Å². The van der Waals surface area contributed by atoms with Crippen LogP contribution in [0.2, 0.25) is 0 Å². The van der Waals surface area contributed by atoms with Gasteiger partial charge in [0.25, 0.3) is 0 Å². The van der Waals surface area contributed by atoms with Gasteiger partial charge in [0.05, 0.1) is 35.3 Å². The van der Waals surface area contributed by atoms with Gasteiger partial charge >= 0.3 is 0 Å². The quantitative estimate of drug-likeness (QED) is 0.141. The maximum atomic E-state index is 10.4. The van der Waals surface area contributed by atoms with Crippen molar-refractivity contribution < 1.29 is 0 Å². The molecule has 9 rings (SSSR count). The molecule has 51 heavy (non-hydrogen) atoms. The van der Waals surface area contributed by atoms with E-state index in [4.69, 9.17) is 6.57 Å². The lowest BCUT2D eigenvalue weighted by atomic mass is 9.82. The number of para-hydroxylation sites is 2. The molecule has 4 nitrogen and oxygen atoms in total. The van der Waals surface area contributed by atoms with E-state index in [-0.39, 0.29) is 0 Å². The molecule has 0 spiro atoms. The van der Waals surface area contributed by atoms with Crippen LogP contribution in [0.5, 0.6) is 0 Å². The minimum Gasteiger partial charge on any atom is -0.309 e. The molecule has 0 aliphatic rings. The Kier molecular flexibility index (Phi) is 6.93. The molecule has 0 saturated carbocycles. The molecule has 8 aromatic carbocycles. The van der Waals surface area contributed by atoms with Gasteiger partial charge in [-0.3, -0.25) is 0 Å². The lowest BCUT2D eigenvalue weighted by Crippen LogP contribution is -1.98. The van der Waals surface area contributed by atoms with Crippen LogP contribution in [0.1, 0.15) is 11.1 Å². The Balaban J connectivity index is 1.42. The average Bonchev–Trinajstić information content (AvgIpc) is 3.54. The highest BCUT2D eigenvalue weighted by molar-refractivity contribution is 6.23. The molecule has 0 fully saturated rings. The van der Waals surface area contributed by atoms with Gasteiger partial charge in [-0.1, -0.05) is 115 Å². The number of nitrogens with zero attached hydrogens (tertiary/aromatic N) is 4. The molecule has 1 aromatic heterocycles. The summed E-state index contributed by atoms with van der Waals surface area (Å²) in [6, 6.07) is 57.8. The Morgan fingerprint density at radius 1 is 0.451 bits per heavy atom. The zero-order valence-corrected chi connectivity index (χ0v) is 27.3. The van der Waals surface area contributed by atoms with E-state index in [9.17, 15) is 10.5 Å². The molecule has 1 heterocycles. The van der Waals surface area contributed by atoms with Crippen molar-refractivity contribution in [1.82, 2.24) is 4.57 Å². The van der Waals surface area contributed by atoms with Crippen LogP contribution < -0.4 is 0 Å². The van der Waals surface area contributed by atoms with Gasteiger partial charge in [-0.05, 0) is 97.4 Å². The number of aromatic nitrogens is 1. The van der Waals surface area contributed by atoms with Gasteiger partial charge < -0.3 is 4.57 Å². The molecular weight excluding hydrogens is 621 g/mol. The second kappa shape index (κ2) is 11.9. The number of benzene rings is 8. The first-order valence-corrected chi connectivity index (χ1v) is 16.7. The summed E-state index contributed by atoms with van der Waals surface area (Å²) in [6.07, 6.45) is 0. The first-order chi connectivity index (χ1) is 25.2. The highest BCUT2D eigenvalue weighted by atomic mass is 15.0. The number of fused-ring (bicyclic) bond motifs is 5. The van der Waals surface area contributed by atoms with E-state index in [1.165, 1.54) is 0 Å². The van der Waals surface area contributed by atoms with Crippen LogP contribution >= 0.6 is 0 Å². The molecule has 0 unspecified atom stereocenters. The van der Waals surface area contributed by atoms with Gasteiger partial charge in [0, 0.05) is 22.0 Å². The average molecular weight is 647 g/mol. The molecule has 234 valence electrons. The molecule has 0 bridgehead atoms. The molecule has 0 atom stereocenters. The fourth-order valence-electron chi connectivity index (χ4n) is 7.74. The lowest BCUT2D eigenvalue weighted by Gasteiger charge is -2.21. The van der Waals surface area contributed by atoms with E-state index >= 15 is 0 Å². The molecule has 0 aliphatic carbocycles. The minimum atomic E-state index is 0.382. The predicted octanol–water partition coefficient (Wildman–Crippen LogP) is 12.4. The summed E-state index contributed by atoms with van der Waals surface area (Å²) >= 11 is 0. The van der Waals surface area contributed by atoms with Gasteiger partial charge in [-0.15, -0.1) is 0 Å². The summed E-state index contributed by atoms with van der Waals surface area (Å²) in [6.45, 7) is 8.43. The Morgan fingerprint density at radius 2 is 0.941 bits per heavy atom. The maximum absolute atomic E-state index is 10.4. The summed E-state index contributed by atoms with van der Waals surface area (Å²) in [5.74, 6) is 0. The molecule has 9 aromatic rings. The van der Waals surface area contributed by atoms with Gasteiger partial charge in [-0.25, -0.2) is 4.85 Å². The monoisotopic (exact) mass is 646 g/mol. The van der Waals surface area contributed by atoms with Crippen LogP contribution in [0.3, 0.4) is 0 Å². The van der Waals surface area contributed by atoms with E-state index < -0.39 is 0 Å². The highest BCUT2D eigenvalue weighted by Gasteiger charge is 2.23. The third-order valence-electron chi connectivity index (χ3n) is 9.81. The molecule has 0 amide bonds. The fourth-order valence-corrected chi connectivity index (χ4v) is 7.74. The first kappa shape index (κ1) is 29.7. The van der Waals surface area contributed by atoms with Gasteiger partial charge in [0.2, 0.25) is 0 Å². The van der Waals surface area contributed by atoms with Gasteiger partial charge in [0.15, 0.2) is 5.69 Å². The minimum absolute atomic E-state index is 0.382. The highest BCUT2D eigenvalue weighted by Crippen LogP contribution is 2.50. The van der Waals surface area contributed by atoms with E-state index in [2.05, 4.69) is 113 Å². The lowest BCUT2D eigenvalue weighted by molar-refractivity contribution is 1.18. The summed E-state index contributed by atoms with van der Waals surface area (Å²) in [5, 5.41) is 27.0. The van der Waals surface area contributed by atoms with Gasteiger partial charge in [0.1, 0.15) is 0 Å². The standard InChI is InChI=1S/C47H26N4/c1-50-42-26-31(29-49)25-41(33-23-30(28-48)24-34(27-33)51-43-21-11-9-15-35(43)36-16-10-12-22-44(36)51)47(42)46-39-19-7-5-17-37(39)45(32-13-3-2-4-14-32)38-18-6-8-20-40(38)46/h2-27H. The van der Waals surface area contributed by atoms with Crippen LogP contribution in [-0.4, -0.2) is 4.57 Å². The van der Waals surface area contributed by atoms with Crippen molar-refractivity contribution in [2.24, 2.45) is 0 Å². The molecule has 4 heteroatoms. The Labute approximate surface area is 294 Å². The largest absolute Gasteiger partial charge is 0.309 e. The SMILES string of the molecule is [C-]#[N+]c1cc(C#N)cc(-c2cc(C#N)cc(-n3c4ccccc4c4ccccc43)c2)c1-c1c2ccccc2c(-c2ccccc2)c2ccccc12. The van der Waals surface area contributed by atoms with E-state index in [0.717, 1.165) is 82.4 Å². The van der Waals surface area contributed by atoms with Crippen LogP contribution in [0.4, 0.5) is 5.69 Å². The summed E-state index contributed by atoms with van der Waals surface area (Å²) in [7, 11) is 0. The number of nitriles is 2. The van der Waals surface area contributed by atoms with Crippen molar-refractivity contribution in [2.75, 3.05) is 0 Å². The Bertz CT molecular complexity index is 2890. The summed E-state index contributed by atoms with van der Waals surface area (Å²) < 4.78 is 2.19. The first-order valence-electron chi connectivity index (χ1n) is 16.7.